The third kappa shape index (κ3) is 4.38. The molecule has 0 amide bonds. The molecule has 0 unspecified atom stereocenters. The fourth-order valence-corrected chi connectivity index (χ4v) is 2.42. The quantitative estimate of drug-likeness (QED) is 0.733. The summed E-state index contributed by atoms with van der Waals surface area (Å²) in [6.07, 6.45) is -1.72. The minimum Gasteiger partial charge on any atom is -0.382 e. The first-order valence-corrected chi connectivity index (χ1v) is 6.78. The van der Waals surface area contributed by atoms with Crippen molar-refractivity contribution in [2.75, 3.05) is 35.0 Å². The molecule has 120 valence electrons. The fraction of sp³-hybridized carbons (Fsp3) is 1.00. The predicted molar refractivity (Wildman–Crippen MR) is 73.8 cm³/mol. The fourth-order valence-electron chi connectivity index (χ4n) is 2.42. The monoisotopic (exact) mass is 292 g/mol. The van der Waals surface area contributed by atoms with E-state index in [-0.39, 0.29) is 30.0 Å². The van der Waals surface area contributed by atoms with Gasteiger partial charge >= 0.3 is 0 Å². The molecule has 1 fully saturated rings. The van der Waals surface area contributed by atoms with Crippen LogP contribution in [-0.2, 0) is 28.4 Å². The topological polar surface area (TPSA) is 55.4 Å². The van der Waals surface area contributed by atoms with E-state index in [0.29, 0.717) is 6.61 Å². The Kier molecular flexibility index (Phi) is 6.84. The van der Waals surface area contributed by atoms with Crippen LogP contribution in [0.2, 0.25) is 0 Å². The number of hydrogen-bond donors (Lipinski definition) is 0. The third-order valence-electron chi connectivity index (χ3n) is 3.21. The summed E-state index contributed by atoms with van der Waals surface area (Å²) in [7, 11) is 6.49. The molecule has 6 heteroatoms. The maximum atomic E-state index is 5.96. The van der Waals surface area contributed by atoms with Gasteiger partial charge in [-0.05, 0) is 20.8 Å². The van der Waals surface area contributed by atoms with Crippen LogP contribution < -0.4 is 0 Å². The third-order valence-corrected chi connectivity index (χ3v) is 3.21. The molecule has 0 saturated carbocycles. The molecule has 6 nitrogen and oxygen atoms in total. The molecule has 1 aliphatic rings. The van der Waals surface area contributed by atoms with Crippen molar-refractivity contribution in [3.8, 4) is 0 Å². The van der Waals surface area contributed by atoms with Crippen molar-refractivity contribution in [3.05, 3.63) is 0 Å². The Morgan fingerprint density at radius 2 is 1.40 bits per heavy atom. The summed E-state index contributed by atoms with van der Waals surface area (Å²) < 4.78 is 33.7. The largest absolute Gasteiger partial charge is 0.382 e. The summed E-state index contributed by atoms with van der Waals surface area (Å²) in [5.74, 6) is 0. The van der Waals surface area contributed by atoms with Crippen molar-refractivity contribution >= 4 is 0 Å². The average molecular weight is 292 g/mol. The Morgan fingerprint density at radius 1 is 0.850 bits per heavy atom. The molecule has 5 atom stereocenters. The molecule has 0 aromatic carbocycles. The van der Waals surface area contributed by atoms with Gasteiger partial charge in [0.05, 0.1) is 12.2 Å². The van der Waals surface area contributed by atoms with Crippen LogP contribution in [0.5, 0.6) is 0 Å². The van der Waals surface area contributed by atoms with E-state index in [2.05, 4.69) is 0 Å². The van der Waals surface area contributed by atoms with E-state index in [9.17, 15) is 0 Å². The second kappa shape index (κ2) is 7.68. The summed E-state index contributed by atoms with van der Waals surface area (Å²) in [5.41, 5.74) is -0.350. The molecule has 0 aromatic rings. The van der Waals surface area contributed by atoms with Crippen LogP contribution in [0.1, 0.15) is 20.8 Å². The SMILES string of the molecule is COC[C@H]1O[C@@H](OC(C)(C)C)[C@@H](OC)[C@@H](OC)[C@@H]1OC. The summed E-state index contributed by atoms with van der Waals surface area (Å²) >= 11 is 0. The normalized spacial score (nSPS) is 35.2. The zero-order valence-electron chi connectivity index (χ0n) is 13.5. The molecule has 1 aliphatic heterocycles. The first-order chi connectivity index (χ1) is 9.37. The van der Waals surface area contributed by atoms with Crippen LogP contribution in [0, 0.1) is 0 Å². The van der Waals surface area contributed by atoms with Crippen LogP contribution in [0.15, 0.2) is 0 Å². The highest BCUT2D eigenvalue weighted by Crippen LogP contribution is 2.30. The van der Waals surface area contributed by atoms with Crippen molar-refractivity contribution in [1.82, 2.24) is 0 Å². The van der Waals surface area contributed by atoms with E-state index in [1.807, 2.05) is 20.8 Å². The number of hydrogen-bond acceptors (Lipinski definition) is 6. The smallest absolute Gasteiger partial charge is 0.187 e. The van der Waals surface area contributed by atoms with Gasteiger partial charge in [0, 0.05) is 28.4 Å². The van der Waals surface area contributed by atoms with Crippen LogP contribution >= 0.6 is 0 Å². The Labute approximate surface area is 121 Å². The van der Waals surface area contributed by atoms with Crippen LogP contribution in [0.25, 0.3) is 0 Å². The maximum Gasteiger partial charge on any atom is 0.187 e. The molecule has 0 aliphatic carbocycles. The molecule has 1 rings (SSSR count). The molecular weight excluding hydrogens is 264 g/mol. The highest BCUT2D eigenvalue weighted by molar-refractivity contribution is 4.92. The van der Waals surface area contributed by atoms with Gasteiger partial charge in [-0.3, -0.25) is 0 Å². The van der Waals surface area contributed by atoms with Gasteiger partial charge in [-0.25, -0.2) is 0 Å². The van der Waals surface area contributed by atoms with Gasteiger partial charge in [0.15, 0.2) is 6.29 Å². The Bertz CT molecular complexity index is 277. The summed E-state index contributed by atoms with van der Waals surface area (Å²) in [6.45, 7) is 6.31. The van der Waals surface area contributed by atoms with Gasteiger partial charge in [-0.15, -0.1) is 0 Å². The van der Waals surface area contributed by atoms with Gasteiger partial charge in [0.1, 0.15) is 24.4 Å². The Hall–Kier alpha value is -0.240. The zero-order chi connectivity index (χ0) is 15.3. The van der Waals surface area contributed by atoms with Gasteiger partial charge in [0.2, 0.25) is 0 Å². The summed E-state index contributed by atoms with van der Waals surface area (Å²) in [4.78, 5) is 0. The zero-order valence-corrected chi connectivity index (χ0v) is 13.5. The van der Waals surface area contributed by atoms with Gasteiger partial charge in [-0.1, -0.05) is 0 Å². The highest BCUT2D eigenvalue weighted by Gasteiger charge is 2.48. The maximum absolute atomic E-state index is 5.96. The average Bonchev–Trinajstić information content (AvgIpc) is 2.36. The summed E-state index contributed by atoms with van der Waals surface area (Å²) in [5, 5.41) is 0. The molecular formula is C14H28O6. The molecule has 0 spiro atoms. The second-order valence-corrected chi connectivity index (χ2v) is 5.83. The first-order valence-electron chi connectivity index (χ1n) is 6.78. The van der Waals surface area contributed by atoms with Crippen LogP contribution in [0.3, 0.4) is 0 Å². The van der Waals surface area contributed by atoms with Gasteiger partial charge in [-0.2, -0.15) is 0 Å². The number of rotatable bonds is 6. The lowest BCUT2D eigenvalue weighted by molar-refractivity contribution is -0.331. The van der Waals surface area contributed by atoms with Crippen molar-refractivity contribution < 1.29 is 28.4 Å². The summed E-state index contributed by atoms with van der Waals surface area (Å²) in [6, 6.07) is 0. The Morgan fingerprint density at radius 3 is 1.80 bits per heavy atom. The molecule has 1 saturated heterocycles. The number of ether oxygens (including phenoxy) is 6. The molecule has 1 heterocycles. The lowest BCUT2D eigenvalue weighted by Crippen LogP contribution is -2.62. The molecule has 0 aromatic heterocycles. The van der Waals surface area contributed by atoms with E-state index in [4.69, 9.17) is 28.4 Å². The minimum absolute atomic E-state index is 0.270. The first kappa shape index (κ1) is 17.8. The van der Waals surface area contributed by atoms with Gasteiger partial charge < -0.3 is 28.4 Å². The molecule has 0 N–H and O–H groups in total. The second-order valence-electron chi connectivity index (χ2n) is 5.83. The van der Waals surface area contributed by atoms with Crippen molar-refractivity contribution in [2.24, 2.45) is 0 Å². The van der Waals surface area contributed by atoms with Crippen LogP contribution in [0.4, 0.5) is 0 Å². The standard InChI is InChI=1S/C14H28O6/c1-14(2,3)20-13-12(18-7)11(17-6)10(16-5)9(19-13)8-15-4/h9-13H,8H2,1-7H3/t9-,10-,11+,12+,13+/m1/s1. The number of methoxy groups -OCH3 is 4. The van der Waals surface area contributed by atoms with E-state index >= 15 is 0 Å². The van der Waals surface area contributed by atoms with Crippen molar-refractivity contribution in [1.29, 1.82) is 0 Å². The van der Waals surface area contributed by atoms with Crippen LogP contribution in [-0.4, -0.2) is 71.4 Å². The van der Waals surface area contributed by atoms with E-state index in [0.717, 1.165) is 0 Å². The van der Waals surface area contributed by atoms with E-state index in [1.54, 1.807) is 28.4 Å². The molecule has 0 radical (unpaired) electrons. The lowest BCUT2D eigenvalue weighted by atomic mass is 9.98. The molecule has 20 heavy (non-hydrogen) atoms. The predicted octanol–water partition coefficient (Wildman–Crippen LogP) is 1.22. The van der Waals surface area contributed by atoms with Gasteiger partial charge in [0.25, 0.3) is 0 Å². The van der Waals surface area contributed by atoms with E-state index < -0.39 is 6.29 Å². The molecule has 0 bridgehead atoms. The Balaban J connectivity index is 2.94. The van der Waals surface area contributed by atoms with E-state index in [1.165, 1.54) is 0 Å². The highest BCUT2D eigenvalue weighted by atomic mass is 16.7. The lowest BCUT2D eigenvalue weighted by Gasteiger charge is -2.46. The minimum atomic E-state index is -0.531. The van der Waals surface area contributed by atoms with Crippen molar-refractivity contribution in [3.63, 3.8) is 0 Å². The van der Waals surface area contributed by atoms with Crippen molar-refractivity contribution in [2.45, 2.75) is 57.1 Å².